The molecule has 1 aromatic carbocycles. The van der Waals surface area contributed by atoms with Gasteiger partial charge >= 0.3 is 0 Å². The maximum Gasteiger partial charge on any atom is 0.131 e. The van der Waals surface area contributed by atoms with Gasteiger partial charge in [0.05, 0.1) is 46.6 Å². The molecule has 8 heteroatoms. The molecule has 1 saturated carbocycles. The van der Waals surface area contributed by atoms with Crippen molar-refractivity contribution in [3.8, 4) is 11.3 Å². The molecule has 2 aromatic heterocycles. The quantitative estimate of drug-likeness (QED) is 0.664. The Morgan fingerprint density at radius 2 is 1.94 bits per heavy atom. The maximum atomic E-state index is 13.3. The lowest BCUT2D eigenvalue weighted by molar-refractivity contribution is -0.152. The van der Waals surface area contributed by atoms with Crippen LogP contribution in [0.2, 0.25) is 0 Å². The van der Waals surface area contributed by atoms with Gasteiger partial charge < -0.3 is 9.67 Å². The minimum Gasteiger partial charge on any atom is -0.392 e. The van der Waals surface area contributed by atoms with E-state index in [0.29, 0.717) is 0 Å². The molecule has 1 N–H and O–H groups in total. The van der Waals surface area contributed by atoms with Crippen LogP contribution in [-0.4, -0.2) is 52.1 Å². The van der Waals surface area contributed by atoms with E-state index in [0.717, 1.165) is 54.3 Å². The van der Waals surface area contributed by atoms with E-state index >= 15 is 0 Å². The number of aryl methyl sites for hydroxylation is 2. The summed E-state index contributed by atoms with van der Waals surface area (Å²) in [5.74, 6) is 0.187. The van der Waals surface area contributed by atoms with Gasteiger partial charge in [0.1, 0.15) is 11.0 Å². The second-order valence-corrected chi connectivity index (χ2v) is 11.1. The zero-order valence-electron chi connectivity index (χ0n) is 18.7. The fraction of sp³-hybridized carbons (Fsp3) is 0.500. The summed E-state index contributed by atoms with van der Waals surface area (Å²) in [7, 11) is 0.691. The number of imidazole rings is 1. The first-order valence-corrected chi connectivity index (χ1v) is 12.5. The zero-order valence-corrected chi connectivity index (χ0v) is 19.5. The van der Waals surface area contributed by atoms with Crippen LogP contribution in [-0.2, 0) is 18.0 Å². The lowest BCUT2D eigenvalue weighted by Crippen LogP contribution is -2.59. The van der Waals surface area contributed by atoms with Crippen LogP contribution < -0.4 is 0 Å². The minimum absolute atomic E-state index is 0.0668. The highest BCUT2D eigenvalue weighted by atomic mass is 32.2. The molecule has 0 radical (unpaired) electrons. The van der Waals surface area contributed by atoms with Crippen molar-refractivity contribution in [3.63, 3.8) is 0 Å². The lowest BCUT2D eigenvalue weighted by atomic mass is 9.53. The standard InChI is InChI=1S/C24H29N5O2S/c1-15-22(16(2)27(3)26-15)32(31)28-10-8-24(9-11-28)12-19(23(24)30)21-18-7-5-4-6-17(18)20-13-25-14-29(20)21/h4-7,13-14,19,21,23,30H,8-12H2,1-3H3. The molecule has 7 nitrogen and oxygen atoms in total. The highest BCUT2D eigenvalue weighted by molar-refractivity contribution is 7.82. The van der Waals surface area contributed by atoms with E-state index in [1.807, 2.05) is 33.4 Å². The van der Waals surface area contributed by atoms with Crippen LogP contribution in [0.1, 0.15) is 42.3 Å². The van der Waals surface area contributed by atoms with Crippen molar-refractivity contribution < 1.29 is 9.32 Å². The van der Waals surface area contributed by atoms with E-state index in [1.54, 1.807) is 4.68 Å². The van der Waals surface area contributed by atoms with E-state index in [-0.39, 0.29) is 23.5 Å². The first-order chi connectivity index (χ1) is 15.4. The molecular formula is C24H29N5O2S. The summed E-state index contributed by atoms with van der Waals surface area (Å²) in [6, 6.07) is 8.65. The summed E-state index contributed by atoms with van der Waals surface area (Å²) in [5.41, 5.74) is 5.40. The molecule has 32 heavy (non-hydrogen) atoms. The van der Waals surface area contributed by atoms with Crippen LogP contribution in [0.25, 0.3) is 11.3 Å². The topological polar surface area (TPSA) is 76.2 Å². The van der Waals surface area contributed by atoms with Crippen molar-refractivity contribution >= 4 is 11.0 Å². The molecule has 4 unspecified atom stereocenters. The Bertz CT molecular complexity index is 1220. The first-order valence-electron chi connectivity index (χ1n) is 11.4. The van der Waals surface area contributed by atoms with Crippen LogP contribution in [0, 0.1) is 25.2 Å². The van der Waals surface area contributed by atoms with E-state index < -0.39 is 11.0 Å². The Morgan fingerprint density at radius 3 is 2.62 bits per heavy atom. The molecular weight excluding hydrogens is 422 g/mol. The van der Waals surface area contributed by atoms with Gasteiger partial charge in [0.25, 0.3) is 0 Å². The molecule has 0 bridgehead atoms. The van der Waals surface area contributed by atoms with Crippen molar-refractivity contribution in [1.29, 1.82) is 0 Å². The van der Waals surface area contributed by atoms with Crippen molar-refractivity contribution in [2.24, 2.45) is 18.4 Å². The van der Waals surface area contributed by atoms with Gasteiger partial charge in [-0.05, 0) is 44.1 Å². The highest BCUT2D eigenvalue weighted by Crippen LogP contribution is 2.59. The zero-order chi connectivity index (χ0) is 22.2. The molecule has 2 aliphatic heterocycles. The number of fused-ring (bicyclic) bond motifs is 3. The van der Waals surface area contributed by atoms with Crippen LogP contribution in [0.3, 0.4) is 0 Å². The van der Waals surface area contributed by atoms with Crippen molar-refractivity contribution in [2.45, 2.75) is 50.2 Å². The molecule has 1 spiro atoms. The van der Waals surface area contributed by atoms with Gasteiger partial charge in [0, 0.05) is 31.6 Å². The van der Waals surface area contributed by atoms with Gasteiger partial charge in [-0.1, -0.05) is 24.3 Å². The van der Waals surface area contributed by atoms with E-state index in [4.69, 9.17) is 0 Å². The van der Waals surface area contributed by atoms with Gasteiger partial charge in [0.15, 0.2) is 0 Å². The Labute approximate surface area is 190 Å². The molecule has 4 heterocycles. The van der Waals surface area contributed by atoms with Crippen LogP contribution in [0.15, 0.2) is 41.7 Å². The Balaban J connectivity index is 1.19. The molecule has 3 aliphatic rings. The summed E-state index contributed by atoms with van der Waals surface area (Å²) >= 11 is 0. The number of benzene rings is 1. The molecule has 1 aliphatic carbocycles. The fourth-order valence-electron chi connectivity index (χ4n) is 6.32. The molecule has 6 rings (SSSR count). The number of rotatable bonds is 3. The summed E-state index contributed by atoms with van der Waals surface area (Å²) < 4.78 is 19.4. The first kappa shape index (κ1) is 20.3. The van der Waals surface area contributed by atoms with E-state index in [1.165, 1.54) is 11.1 Å². The third-order valence-corrected chi connectivity index (χ3v) is 9.95. The fourth-order valence-corrected chi connectivity index (χ4v) is 7.77. The number of hydrogen-bond acceptors (Lipinski definition) is 4. The number of piperidine rings is 1. The molecule has 3 aromatic rings. The van der Waals surface area contributed by atoms with Gasteiger partial charge in [0.2, 0.25) is 0 Å². The number of aliphatic hydroxyl groups excluding tert-OH is 1. The normalized spacial score (nSPS) is 27.2. The van der Waals surface area contributed by atoms with Crippen LogP contribution in [0.4, 0.5) is 0 Å². The van der Waals surface area contributed by atoms with E-state index in [9.17, 15) is 9.32 Å². The molecule has 168 valence electrons. The monoisotopic (exact) mass is 451 g/mol. The SMILES string of the molecule is Cc1nn(C)c(C)c1S(=O)N1CCC2(CC1)CC(C1c3ccccc3-c3cncn31)C2O. The van der Waals surface area contributed by atoms with Gasteiger partial charge in [-0.25, -0.2) is 13.5 Å². The van der Waals surface area contributed by atoms with Gasteiger partial charge in [-0.15, -0.1) is 0 Å². The van der Waals surface area contributed by atoms with Crippen LogP contribution in [0.5, 0.6) is 0 Å². The Hall–Kier alpha value is -2.29. The maximum absolute atomic E-state index is 13.3. The second kappa shape index (κ2) is 7.10. The largest absolute Gasteiger partial charge is 0.392 e. The summed E-state index contributed by atoms with van der Waals surface area (Å²) in [5, 5.41) is 15.9. The molecule has 0 amide bonds. The summed E-state index contributed by atoms with van der Waals surface area (Å²) in [6.07, 6.45) is 6.22. The van der Waals surface area contributed by atoms with Crippen molar-refractivity contribution in [3.05, 3.63) is 53.7 Å². The average molecular weight is 452 g/mol. The van der Waals surface area contributed by atoms with Crippen molar-refractivity contribution in [2.75, 3.05) is 13.1 Å². The third kappa shape index (κ3) is 2.69. The lowest BCUT2D eigenvalue weighted by Gasteiger charge is -2.57. The molecule has 2 fully saturated rings. The average Bonchev–Trinajstić information content (AvgIpc) is 3.45. The predicted octanol–water partition coefficient (Wildman–Crippen LogP) is 2.99. The number of aliphatic hydroxyl groups is 1. The Kier molecular flexibility index (Phi) is 4.51. The Morgan fingerprint density at radius 1 is 1.19 bits per heavy atom. The predicted molar refractivity (Wildman–Crippen MR) is 122 cm³/mol. The second-order valence-electron chi connectivity index (χ2n) is 9.70. The molecule has 4 atom stereocenters. The number of aromatic nitrogens is 4. The summed E-state index contributed by atoms with van der Waals surface area (Å²) in [6.45, 7) is 5.38. The van der Waals surface area contributed by atoms with Gasteiger partial charge in [-0.3, -0.25) is 4.68 Å². The van der Waals surface area contributed by atoms with Gasteiger partial charge in [-0.2, -0.15) is 5.10 Å². The van der Waals surface area contributed by atoms with Crippen LogP contribution >= 0.6 is 0 Å². The van der Waals surface area contributed by atoms with Crippen molar-refractivity contribution in [1.82, 2.24) is 23.6 Å². The minimum atomic E-state index is -1.20. The third-order valence-electron chi connectivity index (χ3n) is 8.17. The number of nitrogens with zero attached hydrogens (tertiary/aromatic N) is 5. The summed E-state index contributed by atoms with van der Waals surface area (Å²) in [4.78, 5) is 5.21. The smallest absolute Gasteiger partial charge is 0.131 e. The van der Waals surface area contributed by atoms with E-state index in [2.05, 4.69) is 43.2 Å². The molecule has 1 saturated heterocycles. The number of hydrogen-bond donors (Lipinski definition) is 1. The highest BCUT2D eigenvalue weighted by Gasteiger charge is 2.58.